The van der Waals surface area contributed by atoms with Gasteiger partial charge in [0.2, 0.25) is 0 Å². The van der Waals surface area contributed by atoms with Gasteiger partial charge in [-0.3, -0.25) is 4.57 Å². The van der Waals surface area contributed by atoms with Gasteiger partial charge in [0.1, 0.15) is 11.6 Å². The molecule has 8 aromatic carbocycles. The lowest BCUT2D eigenvalue weighted by Gasteiger charge is -2.19. The first-order chi connectivity index (χ1) is 31.2. The molecule has 4 aromatic heterocycles. The van der Waals surface area contributed by atoms with E-state index < -0.39 is 0 Å². The van der Waals surface area contributed by atoms with Crippen LogP contribution in [0.3, 0.4) is 0 Å². The van der Waals surface area contributed by atoms with Gasteiger partial charge in [-0.25, -0.2) is 19.9 Å². The van der Waals surface area contributed by atoms with Crippen molar-refractivity contribution >= 4 is 53.3 Å². The minimum absolute atomic E-state index is 0.407. The van der Waals surface area contributed by atoms with Crippen LogP contribution in [0.1, 0.15) is 11.4 Å². The molecule has 4 heterocycles. The van der Waals surface area contributed by atoms with Crippen molar-refractivity contribution in [1.29, 1.82) is 0 Å². The second-order valence-corrected chi connectivity index (χ2v) is 16.9. The zero-order valence-corrected chi connectivity index (χ0v) is 34.9. The van der Waals surface area contributed by atoms with Gasteiger partial charge in [0, 0.05) is 65.8 Å². The molecule has 0 N–H and O–H groups in total. The topological polar surface area (TPSA) is 56.5 Å². The minimum atomic E-state index is 0.407. The molecule has 296 valence electrons. The Morgan fingerprint density at radius 1 is 0.397 bits per heavy atom. The van der Waals surface area contributed by atoms with Crippen molar-refractivity contribution in [1.82, 2.24) is 24.5 Å². The smallest absolute Gasteiger partial charge is 0.163 e. The van der Waals surface area contributed by atoms with Crippen molar-refractivity contribution in [3.63, 3.8) is 0 Å². The highest BCUT2D eigenvalue weighted by Crippen LogP contribution is 2.43. The number of hydrogen-bond donors (Lipinski definition) is 0. The number of thiophene rings is 1. The predicted octanol–water partition coefficient (Wildman–Crippen LogP) is 14.7. The molecular weight excluding hydrogens is 787 g/mol. The maximum absolute atomic E-state index is 5.55. The van der Waals surface area contributed by atoms with E-state index in [9.17, 15) is 0 Å². The number of pyridine rings is 1. The Bertz CT molecular complexity index is 3520. The fraction of sp³-hybridized carbons (Fsp3) is 0.0175. The number of para-hydroxylation sites is 1. The van der Waals surface area contributed by atoms with E-state index in [1.807, 2.05) is 47.7 Å². The molecule has 0 saturated heterocycles. The second-order valence-electron chi connectivity index (χ2n) is 15.8. The fourth-order valence-corrected chi connectivity index (χ4v) is 10.2. The van der Waals surface area contributed by atoms with E-state index in [2.05, 4.69) is 181 Å². The molecule has 0 amide bonds. The van der Waals surface area contributed by atoms with Crippen molar-refractivity contribution in [3.8, 4) is 62.0 Å². The Morgan fingerprint density at radius 3 is 1.59 bits per heavy atom. The first-order valence-corrected chi connectivity index (χ1v) is 22.0. The summed E-state index contributed by atoms with van der Waals surface area (Å²) in [6.45, 7) is 0. The maximum Gasteiger partial charge on any atom is 0.163 e. The van der Waals surface area contributed by atoms with Crippen LogP contribution in [-0.4, -0.2) is 24.5 Å². The fourth-order valence-electron chi connectivity index (χ4n) is 9.07. The summed E-state index contributed by atoms with van der Waals surface area (Å²) in [4.78, 5) is 21.0. The second kappa shape index (κ2) is 15.4. The maximum atomic E-state index is 5.55. The van der Waals surface area contributed by atoms with Crippen LogP contribution in [0.25, 0.3) is 104 Å². The van der Waals surface area contributed by atoms with Gasteiger partial charge >= 0.3 is 0 Å². The molecule has 6 heteroatoms. The average molecular weight is 824 g/mol. The molecule has 63 heavy (non-hydrogen) atoms. The molecule has 0 atom stereocenters. The Kier molecular flexibility index (Phi) is 9.01. The third-order valence-electron chi connectivity index (χ3n) is 11.9. The average Bonchev–Trinajstić information content (AvgIpc) is 3.88. The highest BCUT2D eigenvalue weighted by Gasteiger charge is 2.22. The summed E-state index contributed by atoms with van der Waals surface area (Å²) < 4.78 is 4.91. The minimum Gasteiger partial charge on any atom is -0.294 e. The summed E-state index contributed by atoms with van der Waals surface area (Å²) in [5.74, 6) is 2.77. The van der Waals surface area contributed by atoms with Crippen LogP contribution in [0.15, 0.2) is 212 Å². The zero-order valence-electron chi connectivity index (χ0n) is 34.1. The lowest BCUT2D eigenvalue weighted by atomic mass is 9.87. The molecule has 0 radical (unpaired) electrons. The van der Waals surface area contributed by atoms with Crippen molar-refractivity contribution in [2.75, 3.05) is 0 Å². The molecule has 0 aliphatic carbocycles. The van der Waals surface area contributed by atoms with Crippen LogP contribution in [0.2, 0.25) is 0 Å². The summed E-state index contributed by atoms with van der Waals surface area (Å²) in [6, 6.07) is 72.7. The number of nitrogens with zero attached hydrogens (tertiary/aromatic N) is 5. The van der Waals surface area contributed by atoms with Gasteiger partial charge < -0.3 is 0 Å². The van der Waals surface area contributed by atoms with Crippen LogP contribution in [-0.2, 0) is 6.42 Å². The summed E-state index contributed by atoms with van der Waals surface area (Å²) in [5.41, 5.74) is 11.8. The Balaban J connectivity index is 1.14. The van der Waals surface area contributed by atoms with E-state index >= 15 is 0 Å². The summed E-state index contributed by atoms with van der Waals surface area (Å²) >= 11 is 1.85. The lowest BCUT2D eigenvalue weighted by molar-refractivity contribution is 0.914. The summed E-state index contributed by atoms with van der Waals surface area (Å²) in [7, 11) is 0. The molecule has 0 fully saturated rings. The number of benzene rings is 8. The van der Waals surface area contributed by atoms with E-state index in [1.54, 1.807) is 0 Å². The highest BCUT2D eigenvalue weighted by atomic mass is 32.1. The van der Waals surface area contributed by atoms with Crippen LogP contribution in [0.4, 0.5) is 0 Å². The molecule has 0 aliphatic rings. The van der Waals surface area contributed by atoms with Crippen LogP contribution in [0.5, 0.6) is 0 Å². The van der Waals surface area contributed by atoms with Gasteiger partial charge in [-0.15, -0.1) is 11.3 Å². The van der Waals surface area contributed by atoms with Crippen molar-refractivity contribution in [3.05, 3.63) is 224 Å². The van der Waals surface area contributed by atoms with Crippen molar-refractivity contribution in [2.24, 2.45) is 0 Å². The zero-order chi connectivity index (χ0) is 41.7. The van der Waals surface area contributed by atoms with Crippen LogP contribution in [0, 0.1) is 0 Å². The van der Waals surface area contributed by atoms with Gasteiger partial charge in [-0.1, -0.05) is 176 Å². The number of fused-ring (bicyclic) bond motifs is 6. The van der Waals surface area contributed by atoms with Gasteiger partial charge in [0.05, 0.1) is 11.0 Å². The van der Waals surface area contributed by atoms with E-state index in [0.29, 0.717) is 23.9 Å². The van der Waals surface area contributed by atoms with Crippen LogP contribution >= 0.6 is 11.3 Å². The van der Waals surface area contributed by atoms with Gasteiger partial charge in [-0.05, 0) is 58.1 Å². The summed E-state index contributed by atoms with van der Waals surface area (Å²) in [6.07, 6.45) is 2.47. The largest absolute Gasteiger partial charge is 0.294 e. The highest BCUT2D eigenvalue weighted by molar-refractivity contribution is 7.25. The first kappa shape index (κ1) is 36.8. The standard InChI is InChI=1S/C57H37N5S/c1-5-18-37(19-6-1)43-28-17-29-44(38-20-7-2-8-21-38)54(43)42-32-41(33-53-59-55(39-22-9-3-10-23-39)61-56(60-53)40-24-11-4-12-25-40)57(58-36-42)62-49-30-15-13-26-45(49)47-35-52-48(34-50(47)62)46-27-14-16-31-51(46)63-52/h1-32,34-36H,33H2. The molecule has 0 bridgehead atoms. The third-order valence-corrected chi connectivity index (χ3v) is 13.1. The van der Waals surface area contributed by atoms with Gasteiger partial charge in [0.15, 0.2) is 11.6 Å². The summed E-state index contributed by atoms with van der Waals surface area (Å²) in [5, 5.41) is 4.88. The molecule has 0 saturated carbocycles. The third kappa shape index (κ3) is 6.56. The van der Waals surface area contributed by atoms with E-state index in [0.717, 1.165) is 66.9 Å². The Labute approximate surface area is 368 Å². The molecule has 5 nitrogen and oxygen atoms in total. The normalized spacial score (nSPS) is 11.6. The Morgan fingerprint density at radius 2 is 0.952 bits per heavy atom. The molecular formula is C57H37N5S. The van der Waals surface area contributed by atoms with E-state index in [4.69, 9.17) is 19.9 Å². The predicted molar refractivity (Wildman–Crippen MR) is 261 cm³/mol. The lowest BCUT2D eigenvalue weighted by Crippen LogP contribution is -2.08. The van der Waals surface area contributed by atoms with Crippen molar-refractivity contribution in [2.45, 2.75) is 6.42 Å². The van der Waals surface area contributed by atoms with E-state index in [-0.39, 0.29) is 0 Å². The monoisotopic (exact) mass is 823 g/mol. The molecule has 12 rings (SSSR count). The first-order valence-electron chi connectivity index (χ1n) is 21.2. The molecule has 0 unspecified atom stereocenters. The van der Waals surface area contributed by atoms with Gasteiger partial charge in [-0.2, -0.15) is 0 Å². The van der Waals surface area contributed by atoms with Gasteiger partial charge in [0.25, 0.3) is 0 Å². The van der Waals surface area contributed by atoms with Crippen molar-refractivity contribution < 1.29 is 0 Å². The SMILES string of the molecule is c1ccc(-c2nc(Cc3cc(-c4c(-c5ccccc5)cccc4-c4ccccc4)cnc3-n3c4ccccc4c4cc5sc6ccccc6c5cc43)nc(-c3ccccc3)n2)cc1. The molecule has 0 spiro atoms. The molecule has 12 aromatic rings. The number of hydrogen-bond acceptors (Lipinski definition) is 5. The van der Waals surface area contributed by atoms with E-state index in [1.165, 1.54) is 30.9 Å². The number of rotatable bonds is 8. The van der Waals surface area contributed by atoms with Crippen LogP contribution < -0.4 is 0 Å². The number of aromatic nitrogens is 5. The Hall–Kier alpha value is -8.06. The quantitative estimate of drug-likeness (QED) is 0.153. The molecule has 0 aliphatic heterocycles.